The molecule has 1 saturated heterocycles. The van der Waals surface area contributed by atoms with Crippen LogP contribution in [0.3, 0.4) is 0 Å². The van der Waals surface area contributed by atoms with Crippen molar-refractivity contribution in [1.82, 2.24) is 10.2 Å². The highest BCUT2D eigenvalue weighted by molar-refractivity contribution is 5.94. The average molecular weight is 342 g/mol. The Labute approximate surface area is 147 Å². The van der Waals surface area contributed by atoms with Crippen molar-refractivity contribution in [3.8, 4) is 0 Å². The summed E-state index contributed by atoms with van der Waals surface area (Å²) in [6, 6.07) is 14.0. The summed E-state index contributed by atoms with van der Waals surface area (Å²) in [5.41, 5.74) is 2.23. The number of amides is 1. The Balaban J connectivity index is 1.54. The molecule has 1 aliphatic heterocycles. The van der Waals surface area contributed by atoms with E-state index in [2.05, 4.69) is 17.1 Å². The average Bonchev–Trinajstić information content (AvgIpc) is 2.61. The van der Waals surface area contributed by atoms with Crippen molar-refractivity contribution in [3.05, 3.63) is 71.0 Å². The molecule has 0 radical (unpaired) electrons. The molecule has 3 rings (SSSR count). The number of rotatable bonds is 5. The van der Waals surface area contributed by atoms with Crippen LogP contribution in [0.1, 0.15) is 28.4 Å². The lowest BCUT2D eigenvalue weighted by Crippen LogP contribution is -2.40. The highest BCUT2D eigenvalue weighted by Gasteiger charge is 2.16. The number of ether oxygens (including phenoxy) is 1. The second-order valence-corrected chi connectivity index (χ2v) is 6.39. The predicted molar refractivity (Wildman–Crippen MR) is 94.7 cm³/mol. The van der Waals surface area contributed by atoms with E-state index in [1.54, 1.807) is 18.2 Å². The minimum Gasteiger partial charge on any atom is -0.376 e. The van der Waals surface area contributed by atoms with Gasteiger partial charge in [0.15, 0.2) is 0 Å². The molecule has 0 bridgehead atoms. The van der Waals surface area contributed by atoms with Crippen LogP contribution in [0, 0.1) is 5.82 Å². The van der Waals surface area contributed by atoms with E-state index < -0.39 is 0 Å². The molecule has 1 atom stereocenters. The van der Waals surface area contributed by atoms with Crippen molar-refractivity contribution in [1.29, 1.82) is 0 Å². The molecule has 2 aromatic carbocycles. The van der Waals surface area contributed by atoms with Gasteiger partial charge in [0.25, 0.3) is 5.91 Å². The number of carbonyl (C=O) groups is 1. The summed E-state index contributed by atoms with van der Waals surface area (Å²) < 4.78 is 19.1. The second-order valence-electron chi connectivity index (χ2n) is 6.39. The number of morpholine rings is 1. The first-order valence-corrected chi connectivity index (χ1v) is 8.56. The highest BCUT2D eigenvalue weighted by Crippen LogP contribution is 2.12. The van der Waals surface area contributed by atoms with Gasteiger partial charge in [-0.05, 0) is 30.7 Å². The van der Waals surface area contributed by atoms with E-state index in [1.807, 2.05) is 24.3 Å². The van der Waals surface area contributed by atoms with Gasteiger partial charge in [-0.2, -0.15) is 0 Å². The SMILES string of the molecule is CC1CN(Cc2ccc(C(=O)NCc3ccccc3F)cc2)CCO1. The largest absolute Gasteiger partial charge is 0.376 e. The first kappa shape index (κ1) is 17.6. The van der Waals surface area contributed by atoms with Gasteiger partial charge in [0.1, 0.15) is 5.82 Å². The van der Waals surface area contributed by atoms with Gasteiger partial charge in [0.05, 0.1) is 12.7 Å². The van der Waals surface area contributed by atoms with Crippen LogP contribution in [0.4, 0.5) is 4.39 Å². The summed E-state index contributed by atoms with van der Waals surface area (Å²) in [5.74, 6) is -0.507. The summed E-state index contributed by atoms with van der Waals surface area (Å²) in [4.78, 5) is 14.6. The number of nitrogens with zero attached hydrogens (tertiary/aromatic N) is 1. The Morgan fingerprint density at radius 3 is 2.72 bits per heavy atom. The van der Waals surface area contributed by atoms with Crippen LogP contribution in [-0.2, 0) is 17.8 Å². The predicted octanol–water partition coefficient (Wildman–Crippen LogP) is 2.98. The molecular formula is C20H23FN2O2. The standard InChI is InChI=1S/C20H23FN2O2/c1-15-13-23(10-11-25-15)14-16-6-8-17(9-7-16)20(24)22-12-18-4-2-3-5-19(18)21/h2-9,15H,10-14H2,1H3,(H,22,24). The van der Waals surface area contributed by atoms with Crippen LogP contribution in [-0.4, -0.2) is 36.6 Å². The van der Waals surface area contributed by atoms with E-state index in [-0.39, 0.29) is 24.4 Å². The van der Waals surface area contributed by atoms with Gasteiger partial charge in [-0.3, -0.25) is 9.69 Å². The Morgan fingerprint density at radius 1 is 1.24 bits per heavy atom. The van der Waals surface area contributed by atoms with E-state index in [9.17, 15) is 9.18 Å². The number of nitrogens with one attached hydrogen (secondary N) is 1. The zero-order chi connectivity index (χ0) is 17.6. The van der Waals surface area contributed by atoms with Crippen LogP contribution in [0.5, 0.6) is 0 Å². The van der Waals surface area contributed by atoms with Crippen molar-refractivity contribution in [2.24, 2.45) is 0 Å². The van der Waals surface area contributed by atoms with Crippen molar-refractivity contribution in [3.63, 3.8) is 0 Å². The molecule has 5 heteroatoms. The number of carbonyl (C=O) groups excluding carboxylic acids is 1. The fourth-order valence-corrected chi connectivity index (χ4v) is 2.97. The Kier molecular flexibility index (Phi) is 5.79. The molecule has 1 N–H and O–H groups in total. The minimum absolute atomic E-state index is 0.179. The summed E-state index contributed by atoms with van der Waals surface area (Å²) in [6.07, 6.45) is 0.261. The zero-order valence-electron chi connectivity index (χ0n) is 14.4. The van der Waals surface area contributed by atoms with Crippen LogP contribution in [0.25, 0.3) is 0 Å². The first-order chi connectivity index (χ1) is 12.1. The van der Waals surface area contributed by atoms with Crippen LogP contribution < -0.4 is 5.32 Å². The lowest BCUT2D eigenvalue weighted by atomic mass is 10.1. The molecule has 1 amide bonds. The fourth-order valence-electron chi connectivity index (χ4n) is 2.97. The molecular weight excluding hydrogens is 319 g/mol. The Morgan fingerprint density at radius 2 is 2.00 bits per heavy atom. The van der Waals surface area contributed by atoms with Gasteiger partial charge < -0.3 is 10.1 Å². The van der Waals surface area contributed by atoms with Crippen LogP contribution >= 0.6 is 0 Å². The first-order valence-electron chi connectivity index (χ1n) is 8.56. The highest BCUT2D eigenvalue weighted by atomic mass is 19.1. The van der Waals surface area contributed by atoms with Gasteiger partial charge in [-0.25, -0.2) is 4.39 Å². The lowest BCUT2D eigenvalue weighted by Gasteiger charge is -2.31. The van der Waals surface area contributed by atoms with Crippen molar-refractivity contribution in [2.45, 2.75) is 26.1 Å². The molecule has 1 aliphatic rings. The monoisotopic (exact) mass is 342 g/mol. The second kappa shape index (κ2) is 8.23. The maximum atomic E-state index is 13.6. The Hall–Kier alpha value is -2.24. The van der Waals surface area contributed by atoms with E-state index in [4.69, 9.17) is 4.74 Å². The minimum atomic E-state index is -0.308. The van der Waals surface area contributed by atoms with E-state index >= 15 is 0 Å². The molecule has 0 aromatic heterocycles. The molecule has 1 unspecified atom stereocenters. The third-order valence-corrected chi connectivity index (χ3v) is 4.34. The summed E-state index contributed by atoms with van der Waals surface area (Å²) in [6.45, 7) is 5.72. The smallest absolute Gasteiger partial charge is 0.251 e. The molecule has 1 heterocycles. The number of hydrogen-bond donors (Lipinski definition) is 1. The number of benzene rings is 2. The van der Waals surface area contributed by atoms with Crippen molar-refractivity contribution in [2.75, 3.05) is 19.7 Å². The van der Waals surface area contributed by atoms with E-state index in [0.29, 0.717) is 11.1 Å². The summed E-state index contributed by atoms with van der Waals surface area (Å²) in [7, 11) is 0. The third kappa shape index (κ3) is 4.87. The van der Waals surface area contributed by atoms with Gasteiger partial charge in [-0.1, -0.05) is 30.3 Å². The molecule has 132 valence electrons. The molecule has 0 saturated carbocycles. The molecule has 0 aliphatic carbocycles. The van der Waals surface area contributed by atoms with E-state index in [0.717, 1.165) is 26.2 Å². The van der Waals surface area contributed by atoms with Gasteiger partial charge >= 0.3 is 0 Å². The van der Waals surface area contributed by atoms with E-state index in [1.165, 1.54) is 11.6 Å². The van der Waals surface area contributed by atoms with Crippen LogP contribution in [0.2, 0.25) is 0 Å². The fraction of sp³-hybridized carbons (Fsp3) is 0.350. The van der Waals surface area contributed by atoms with Gasteiger partial charge in [0.2, 0.25) is 0 Å². The zero-order valence-corrected chi connectivity index (χ0v) is 14.4. The molecule has 1 fully saturated rings. The lowest BCUT2D eigenvalue weighted by molar-refractivity contribution is -0.0212. The topological polar surface area (TPSA) is 41.6 Å². The van der Waals surface area contributed by atoms with Gasteiger partial charge in [0, 0.05) is 37.3 Å². The number of halogens is 1. The molecule has 4 nitrogen and oxygen atoms in total. The third-order valence-electron chi connectivity index (χ3n) is 4.34. The van der Waals surface area contributed by atoms with Gasteiger partial charge in [-0.15, -0.1) is 0 Å². The quantitative estimate of drug-likeness (QED) is 0.908. The normalized spacial score (nSPS) is 18.1. The van der Waals surface area contributed by atoms with Crippen molar-refractivity contribution < 1.29 is 13.9 Å². The van der Waals surface area contributed by atoms with Crippen molar-refractivity contribution >= 4 is 5.91 Å². The summed E-state index contributed by atoms with van der Waals surface area (Å²) >= 11 is 0. The summed E-state index contributed by atoms with van der Waals surface area (Å²) in [5, 5.41) is 2.76. The van der Waals surface area contributed by atoms with Crippen LogP contribution in [0.15, 0.2) is 48.5 Å². The number of hydrogen-bond acceptors (Lipinski definition) is 3. The maximum Gasteiger partial charge on any atom is 0.251 e. The maximum absolute atomic E-state index is 13.6. The molecule has 2 aromatic rings. The molecule has 0 spiro atoms. The molecule has 25 heavy (non-hydrogen) atoms. The Bertz CT molecular complexity index is 718.